The summed E-state index contributed by atoms with van der Waals surface area (Å²) in [5.74, 6) is 0.589. The number of hydrogen-bond donors (Lipinski definition) is 1. The average molecular weight is 310 g/mol. The Labute approximate surface area is 130 Å². The van der Waals surface area contributed by atoms with E-state index in [4.69, 9.17) is 0 Å². The molecule has 2 nitrogen and oxygen atoms in total. The molecule has 0 aromatic heterocycles. The van der Waals surface area contributed by atoms with Gasteiger partial charge in [0.25, 0.3) is 0 Å². The molecule has 110 valence electrons. The van der Waals surface area contributed by atoms with Crippen LogP contribution < -0.4 is 5.32 Å². The maximum absolute atomic E-state index is 11.6. The molecule has 0 heterocycles. The van der Waals surface area contributed by atoms with E-state index in [9.17, 15) is 4.79 Å². The van der Waals surface area contributed by atoms with E-state index in [1.165, 1.54) is 37.0 Å². The highest BCUT2D eigenvalue weighted by atomic mass is 32.2. The van der Waals surface area contributed by atoms with E-state index >= 15 is 0 Å². The van der Waals surface area contributed by atoms with Crippen LogP contribution in [0.1, 0.15) is 37.7 Å². The van der Waals surface area contributed by atoms with Crippen molar-refractivity contribution in [2.24, 2.45) is 0 Å². The molecule has 4 heteroatoms. The van der Waals surface area contributed by atoms with Crippen LogP contribution in [0.3, 0.4) is 0 Å². The number of carbonyl (C=O) groups is 1. The summed E-state index contributed by atoms with van der Waals surface area (Å²) >= 11 is 3.54. The SMILES string of the molecule is CSCC(=O)Nc1ccc(SC2CCCCC2)cc1C. The predicted molar refractivity (Wildman–Crippen MR) is 90.9 cm³/mol. The van der Waals surface area contributed by atoms with Gasteiger partial charge >= 0.3 is 0 Å². The highest BCUT2D eigenvalue weighted by Crippen LogP contribution is 2.34. The Morgan fingerprint density at radius 3 is 2.70 bits per heavy atom. The van der Waals surface area contributed by atoms with Crippen molar-refractivity contribution in [3.8, 4) is 0 Å². The molecule has 1 N–H and O–H groups in total. The maximum atomic E-state index is 11.6. The molecule has 1 fully saturated rings. The topological polar surface area (TPSA) is 29.1 Å². The van der Waals surface area contributed by atoms with Crippen LogP contribution >= 0.6 is 23.5 Å². The van der Waals surface area contributed by atoms with Crippen molar-refractivity contribution >= 4 is 35.1 Å². The van der Waals surface area contributed by atoms with Gasteiger partial charge in [0, 0.05) is 15.8 Å². The largest absolute Gasteiger partial charge is 0.325 e. The summed E-state index contributed by atoms with van der Waals surface area (Å²) in [6.07, 6.45) is 8.78. The molecule has 0 aliphatic heterocycles. The molecule has 1 aromatic carbocycles. The van der Waals surface area contributed by atoms with Crippen LogP contribution in [0.15, 0.2) is 23.1 Å². The van der Waals surface area contributed by atoms with E-state index in [-0.39, 0.29) is 5.91 Å². The lowest BCUT2D eigenvalue weighted by atomic mass is 10.0. The summed E-state index contributed by atoms with van der Waals surface area (Å²) in [5.41, 5.74) is 2.09. The molecule has 1 amide bonds. The Hall–Kier alpha value is -0.610. The van der Waals surface area contributed by atoms with E-state index < -0.39 is 0 Å². The van der Waals surface area contributed by atoms with Gasteiger partial charge in [-0.15, -0.1) is 11.8 Å². The molecule has 1 aliphatic carbocycles. The fourth-order valence-corrected chi connectivity index (χ4v) is 4.22. The summed E-state index contributed by atoms with van der Waals surface area (Å²) in [4.78, 5) is 13.0. The number of aryl methyl sites for hydroxylation is 1. The number of rotatable bonds is 5. The van der Waals surface area contributed by atoms with Crippen molar-refractivity contribution < 1.29 is 4.79 Å². The molecule has 20 heavy (non-hydrogen) atoms. The highest BCUT2D eigenvalue weighted by Gasteiger charge is 2.15. The zero-order chi connectivity index (χ0) is 14.4. The number of anilines is 1. The Morgan fingerprint density at radius 1 is 1.30 bits per heavy atom. The molecule has 1 aromatic rings. The first-order chi connectivity index (χ1) is 9.69. The number of nitrogens with one attached hydrogen (secondary N) is 1. The van der Waals surface area contributed by atoms with Gasteiger partial charge < -0.3 is 5.32 Å². The van der Waals surface area contributed by atoms with Gasteiger partial charge in [-0.25, -0.2) is 0 Å². The summed E-state index contributed by atoms with van der Waals surface area (Å²) in [6.45, 7) is 2.07. The van der Waals surface area contributed by atoms with E-state index in [1.54, 1.807) is 11.8 Å². The van der Waals surface area contributed by atoms with Gasteiger partial charge in [-0.05, 0) is 49.8 Å². The first kappa shape index (κ1) is 15.8. The molecule has 2 rings (SSSR count). The Kier molecular flexibility index (Phi) is 6.30. The quantitative estimate of drug-likeness (QED) is 0.853. The molecule has 0 saturated heterocycles. The number of hydrogen-bond acceptors (Lipinski definition) is 3. The Morgan fingerprint density at radius 2 is 2.05 bits per heavy atom. The normalized spacial score (nSPS) is 16.1. The van der Waals surface area contributed by atoms with Gasteiger partial charge in [0.05, 0.1) is 5.75 Å². The maximum Gasteiger partial charge on any atom is 0.234 e. The van der Waals surface area contributed by atoms with Crippen LogP contribution in [0.2, 0.25) is 0 Å². The number of carbonyl (C=O) groups excluding carboxylic acids is 1. The summed E-state index contributed by atoms with van der Waals surface area (Å²) in [6, 6.07) is 6.38. The molecule has 0 radical (unpaired) electrons. The zero-order valence-electron chi connectivity index (χ0n) is 12.3. The van der Waals surface area contributed by atoms with E-state index in [2.05, 4.69) is 24.4 Å². The van der Waals surface area contributed by atoms with E-state index in [0.29, 0.717) is 5.75 Å². The summed E-state index contributed by atoms with van der Waals surface area (Å²) in [7, 11) is 0. The van der Waals surface area contributed by atoms with Gasteiger partial charge in [-0.3, -0.25) is 4.79 Å². The molecule has 1 aliphatic rings. The fourth-order valence-electron chi connectivity index (χ4n) is 2.54. The smallest absolute Gasteiger partial charge is 0.234 e. The van der Waals surface area contributed by atoms with Crippen molar-refractivity contribution in [2.75, 3.05) is 17.3 Å². The second-order valence-corrected chi connectivity index (χ2v) is 7.58. The van der Waals surface area contributed by atoms with Crippen LogP contribution in [0.25, 0.3) is 0 Å². The number of thioether (sulfide) groups is 2. The van der Waals surface area contributed by atoms with Crippen molar-refractivity contribution in [1.82, 2.24) is 0 Å². The van der Waals surface area contributed by atoms with E-state index in [1.807, 2.05) is 24.1 Å². The van der Waals surface area contributed by atoms with Gasteiger partial charge in [0.15, 0.2) is 0 Å². The third-order valence-corrected chi connectivity index (χ3v) is 5.48. The summed E-state index contributed by atoms with van der Waals surface area (Å²) < 4.78 is 0. The first-order valence-corrected chi connectivity index (χ1v) is 9.52. The average Bonchev–Trinajstić information content (AvgIpc) is 2.43. The predicted octanol–water partition coefficient (Wildman–Crippen LogP) is 4.72. The third-order valence-electron chi connectivity index (χ3n) is 3.60. The lowest BCUT2D eigenvalue weighted by Gasteiger charge is -2.21. The minimum Gasteiger partial charge on any atom is -0.325 e. The van der Waals surface area contributed by atoms with Crippen molar-refractivity contribution in [3.63, 3.8) is 0 Å². The van der Waals surface area contributed by atoms with Crippen molar-refractivity contribution in [3.05, 3.63) is 23.8 Å². The lowest BCUT2D eigenvalue weighted by molar-refractivity contribution is -0.113. The molecule has 0 bridgehead atoms. The standard InChI is InChI=1S/C16H23NOS2/c1-12-10-14(20-13-6-4-3-5-7-13)8-9-15(12)17-16(18)11-19-2/h8-10,13H,3-7,11H2,1-2H3,(H,17,18). The van der Waals surface area contributed by atoms with Gasteiger partial charge in [-0.1, -0.05) is 19.3 Å². The molecular formula is C16H23NOS2. The second-order valence-electron chi connectivity index (χ2n) is 5.34. The minimum absolute atomic E-state index is 0.0771. The molecule has 1 saturated carbocycles. The van der Waals surface area contributed by atoms with Crippen LogP contribution in [0.5, 0.6) is 0 Å². The second kappa shape index (κ2) is 7.99. The molecular weight excluding hydrogens is 286 g/mol. The number of benzene rings is 1. The van der Waals surface area contributed by atoms with Crippen molar-refractivity contribution in [2.45, 2.75) is 49.2 Å². The van der Waals surface area contributed by atoms with Crippen LogP contribution in [-0.2, 0) is 4.79 Å². The Balaban J connectivity index is 1.96. The van der Waals surface area contributed by atoms with Crippen LogP contribution in [-0.4, -0.2) is 23.2 Å². The third kappa shape index (κ3) is 4.74. The molecule has 0 unspecified atom stereocenters. The first-order valence-electron chi connectivity index (χ1n) is 7.25. The van der Waals surface area contributed by atoms with Crippen LogP contribution in [0.4, 0.5) is 5.69 Å². The Bertz CT molecular complexity index is 456. The minimum atomic E-state index is 0.0771. The van der Waals surface area contributed by atoms with Gasteiger partial charge in [-0.2, -0.15) is 11.8 Å². The highest BCUT2D eigenvalue weighted by molar-refractivity contribution is 8.00. The lowest BCUT2D eigenvalue weighted by Crippen LogP contribution is -2.14. The van der Waals surface area contributed by atoms with Crippen LogP contribution in [0, 0.1) is 6.92 Å². The number of amides is 1. The molecule has 0 atom stereocenters. The van der Waals surface area contributed by atoms with E-state index in [0.717, 1.165) is 16.5 Å². The van der Waals surface area contributed by atoms with Crippen molar-refractivity contribution in [1.29, 1.82) is 0 Å². The zero-order valence-corrected chi connectivity index (χ0v) is 13.9. The van der Waals surface area contributed by atoms with Gasteiger partial charge in [0.1, 0.15) is 0 Å². The van der Waals surface area contributed by atoms with Gasteiger partial charge in [0.2, 0.25) is 5.91 Å². The monoisotopic (exact) mass is 309 g/mol. The summed E-state index contributed by atoms with van der Waals surface area (Å²) in [5, 5.41) is 3.75. The molecule has 0 spiro atoms. The fraction of sp³-hybridized carbons (Fsp3) is 0.562.